The Hall–Kier alpha value is -1.91. The predicted octanol–water partition coefficient (Wildman–Crippen LogP) is 1.92. The molecule has 0 saturated heterocycles. The van der Waals surface area contributed by atoms with Crippen molar-refractivity contribution in [3.05, 3.63) is 30.3 Å². The lowest BCUT2D eigenvalue weighted by Gasteiger charge is -2.13. The zero-order chi connectivity index (χ0) is 12.7. The van der Waals surface area contributed by atoms with Crippen LogP contribution in [0.15, 0.2) is 30.3 Å². The summed E-state index contributed by atoms with van der Waals surface area (Å²) in [5.74, 6) is -0.986. The number of esters is 1. The number of anilines is 1. The minimum absolute atomic E-state index is 0.190. The van der Waals surface area contributed by atoms with Gasteiger partial charge < -0.3 is 10.1 Å². The van der Waals surface area contributed by atoms with Gasteiger partial charge in [0.05, 0.1) is 6.42 Å². The quantitative estimate of drug-likeness (QED) is 0.798. The van der Waals surface area contributed by atoms with E-state index in [1.54, 1.807) is 24.3 Å². The van der Waals surface area contributed by atoms with E-state index in [4.69, 9.17) is 0 Å². The van der Waals surface area contributed by atoms with Gasteiger partial charge in [-0.15, -0.1) is 0 Å². The first kappa shape index (κ1) is 13.2. The van der Waals surface area contributed by atoms with E-state index < -0.39 is 18.7 Å². The maximum atomic E-state index is 12.5. The smallest absolute Gasteiger partial charge is 0.303 e. The summed E-state index contributed by atoms with van der Waals surface area (Å²) < 4.78 is 17.1. The lowest BCUT2D eigenvalue weighted by molar-refractivity contribution is -0.148. The van der Waals surface area contributed by atoms with Gasteiger partial charge in [0.2, 0.25) is 5.91 Å². The largest absolute Gasteiger partial charge is 0.459 e. The number of alkyl halides is 1. The molecule has 1 amide bonds. The van der Waals surface area contributed by atoms with Gasteiger partial charge in [0.15, 0.2) is 0 Å². The fourth-order valence-corrected chi connectivity index (χ4v) is 1.30. The Kier molecular flexibility index (Phi) is 5.13. The van der Waals surface area contributed by atoms with Crippen molar-refractivity contribution < 1.29 is 18.7 Å². The number of para-hydroxylation sites is 1. The van der Waals surface area contributed by atoms with Gasteiger partial charge in [-0.2, -0.15) is 0 Å². The van der Waals surface area contributed by atoms with Gasteiger partial charge in [-0.3, -0.25) is 9.59 Å². The highest BCUT2D eigenvalue weighted by atomic mass is 19.1. The highest BCUT2D eigenvalue weighted by Gasteiger charge is 2.16. The molecule has 17 heavy (non-hydrogen) atoms. The zero-order valence-corrected chi connectivity index (χ0v) is 9.48. The van der Waals surface area contributed by atoms with Gasteiger partial charge in [0.25, 0.3) is 0 Å². The van der Waals surface area contributed by atoms with Crippen molar-refractivity contribution in [3.63, 3.8) is 0 Å². The predicted molar refractivity (Wildman–Crippen MR) is 61.2 cm³/mol. The molecule has 0 spiro atoms. The molecule has 4 nitrogen and oxygen atoms in total. The number of benzene rings is 1. The lowest BCUT2D eigenvalue weighted by atomic mass is 10.2. The molecule has 0 aliphatic heterocycles. The van der Waals surface area contributed by atoms with E-state index in [-0.39, 0.29) is 12.3 Å². The molecule has 0 fully saturated rings. The van der Waals surface area contributed by atoms with Crippen LogP contribution in [0.3, 0.4) is 0 Å². The zero-order valence-electron chi connectivity index (χ0n) is 9.48. The maximum Gasteiger partial charge on any atom is 0.303 e. The van der Waals surface area contributed by atoms with Crippen LogP contribution in [0.4, 0.5) is 10.1 Å². The van der Waals surface area contributed by atoms with Crippen molar-refractivity contribution in [2.75, 3.05) is 12.0 Å². The first-order chi connectivity index (χ1) is 8.11. The fourth-order valence-electron chi connectivity index (χ4n) is 1.30. The number of amides is 1. The highest BCUT2D eigenvalue weighted by molar-refractivity contribution is 5.91. The lowest BCUT2D eigenvalue weighted by Crippen LogP contribution is -2.25. The molecule has 1 atom stereocenters. The van der Waals surface area contributed by atoms with Crippen LogP contribution in [0.1, 0.15) is 13.3 Å². The Labute approximate surface area is 98.8 Å². The van der Waals surface area contributed by atoms with Gasteiger partial charge in [0, 0.05) is 12.6 Å². The molecule has 1 N–H and O–H groups in total. The van der Waals surface area contributed by atoms with E-state index >= 15 is 0 Å². The molecular formula is C12H14FNO3. The van der Waals surface area contributed by atoms with Gasteiger partial charge in [0.1, 0.15) is 12.8 Å². The molecule has 1 rings (SSSR count). The molecule has 0 radical (unpaired) electrons. The van der Waals surface area contributed by atoms with E-state index in [2.05, 4.69) is 10.1 Å². The average Bonchev–Trinajstić information content (AvgIpc) is 2.28. The van der Waals surface area contributed by atoms with Crippen molar-refractivity contribution in [2.24, 2.45) is 0 Å². The Morgan fingerprint density at radius 3 is 2.53 bits per heavy atom. The molecule has 92 valence electrons. The summed E-state index contributed by atoms with van der Waals surface area (Å²) in [6.45, 7) is 0.305. The highest BCUT2D eigenvalue weighted by Crippen LogP contribution is 2.08. The van der Waals surface area contributed by atoms with Crippen molar-refractivity contribution in [3.8, 4) is 0 Å². The molecule has 1 aromatic carbocycles. The number of hydrogen-bond donors (Lipinski definition) is 1. The monoisotopic (exact) mass is 239 g/mol. The van der Waals surface area contributed by atoms with Crippen LogP contribution in [-0.2, 0) is 14.3 Å². The van der Waals surface area contributed by atoms with Crippen LogP contribution in [0.25, 0.3) is 0 Å². The number of ether oxygens (including phenoxy) is 1. The molecule has 0 aromatic heterocycles. The third-order valence-corrected chi connectivity index (χ3v) is 1.98. The van der Waals surface area contributed by atoms with Crippen molar-refractivity contribution in [1.82, 2.24) is 0 Å². The average molecular weight is 239 g/mol. The first-order valence-corrected chi connectivity index (χ1v) is 5.20. The van der Waals surface area contributed by atoms with Gasteiger partial charge >= 0.3 is 5.97 Å². The number of hydrogen-bond acceptors (Lipinski definition) is 3. The van der Waals surface area contributed by atoms with E-state index in [0.717, 1.165) is 0 Å². The summed E-state index contributed by atoms with van der Waals surface area (Å²) in [5, 5.41) is 2.58. The number of carbonyl (C=O) groups is 2. The van der Waals surface area contributed by atoms with E-state index in [1.165, 1.54) is 6.92 Å². The maximum absolute atomic E-state index is 12.5. The van der Waals surface area contributed by atoms with Crippen molar-refractivity contribution in [2.45, 2.75) is 19.4 Å². The van der Waals surface area contributed by atoms with Gasteiger partial charge in [-0.1, -0.05) is 18.2 Å². The first-order valence-electron chi connectivity index (χ1n) is 5.20. The fraction of sp³-hybridized carbons (Fsp3) is 0.333. The third-order valence-electron chi connectivity index (χ3n) is 1.98. The number of halogens is 1. The molecule has 5 heteroatoms. The topological polar surface area (TPSA) is 55.4 Å². The molecule has 1 unspecified atom stereocenters. The van der Waals surface area contributed by atoms with Crippen LogP contribution < -0.4 is 5.32 Å². The normalized spacial score (nSPS) is 11.6. The van der Waals surface area contributed by atoms with Crippen LogP contribution in [0.2, 0.25) is 0 Å². The van der Waals surface area contributed by atoms with Crippen LogP contribution >= 0.6 is 0 Å². The third kappa shape index (κ3) is 5.10. The second kappa shape index (κ2) is 6.62. The number of rotatable bonds is 5. The molecule has 0 heterocycles. The van der Waals surface area contributed by atoms with Crippen LogP contribution in [0.5, 0.6) is 0 Å². The molecule has 0 bridgehead atoms. The summed E-state index contributed by atoms with van der Waals surface area (Å²) in [4.78, 5) is 22.1. The Morgan fingerprint density at radius 1 is 1.35 bits per heavy atom. The Balaban J connectivity index is 2.45. The molecule has 0 aliphatic rings. The molecule has 0 saturated carbocycles. The van der Waals surface area contributed by atoms with Gasteiger partial charge in [-0.05, 0) is 12.1 Å². The summed E-state index contributed by atoms with van der Waals surface area (Å²) >= 11 is 0. The van der Waals surface area contributed by atoms with Crippen LogP contribution in [-0.4, -0.2) is 24.7 Å². The SMILES string of the molecule is CC(=O)OC(CF)CC(=O)Nc1ccccc1. The minimum Gasteiger partial charge on any atom is -0.459 e. The summed E-state index contributed by atoms with van der Waals surface area (Å²) in [6.07, 6.45) is -1.21. The number of carbonyl (C=O) groups excluding carboxylic acids is 2. The van der Waals surface area contributed by atoms with E-state index in [9.17, 15) is 14.0 Å². The van der Waals surface area contributed by atoms with Crippen molar-refractivity contribution >= 4 is 17.6 Å². The van der Waals surface area contributed by atoms with E-state index in [1.807, 2.05) is 6.07 Å². The standard InChI is InChI=1S/C12H14FNO3/c1-9(15)17-11(8-13)7-12(16)14-10-5-3-2-4-6-10/h2-6,11H,7-8H2,1H3,(H,14,16). The molecular weight excluding hydrogens is 225 g/mol. The van der Waals surface area contributed by atoms with Gasteiger partial charge in [-0.25, -0.2) is 4.39 Å². The molecule has 0 aliphatic carbocycles. The van der Waals surface area contributed by atoms with E-state index in [0.29, 0.717) is 5.69 Å². The Bertz CT molecular complexity index is 381. The second-order valence-electron chi connectivity index (χ2n) is 3.50. The summed E-state index contributed by atoms with van der Waals surface area (Å²) in [6, 6.07) is 8.80. The Morgan fingerprint density at radius 2 is 2.00 bits per heavy atom. The minimum atomic E-state index is -1.02. The summed E-state index contributed by atoms with van der Waals surface area (Å²) in [5.41, 5.74) is 0.623. The number of nitrogens with one attached hydrogen (secondary N) is 1. The summed E-state index contributed by atoms with van der Waals surface area (Å²) in [7, 11) is 0. The second-order valence-corrected chi connectivity index (χ2v) is 3.50. The van der Waals surface area contributed by atoms with Crippen molar-refractivity contribution in [1.29, 1.82) is 0 Å². The van der Waals surface area contributed by atoms with Crippen LogP contribution in [0, 0.1) is 0 Å². The molecule has 1 aromatic rings.